The van der Waals surface area contributed by atoms with E-state index >= 15 is 0 Å². The zero-order chi connectivity index (χ0) is 17.1. The largest absolute Gasteiger partial charge is 0.378 e. The zero-order valence-corrected chi connectivity index (χ0v) is 15.0. The molecular formula is C17H23ClN6O. The fourth-order valence-electron chi connectivity index (χ4n) is 3.66. The predicted octanol–water partition coefficient (Wildman–Crippen LogP) is 2.90. The van der Waals surface area contributed by atoms with Crippen LogP contribution >= 0.6 is 11.6 Å². The lowest BCUT2D eigenvalue weighted by Gasteiger charge is -2.28. The average Bonchev–Trinajstić information content (AvgIpc) is 2.67. The lowest BCUT2D eigenvalue weighted by molar-refractivity contribution is 0.122. The van der Waals surface area contributed by atoms with Gasteiger partial charge in [-0.15, -0.1) is 0 Å². The van der Waals surface area contributed by atoms with Crippen LogP contribution in [0.5, 0.6) is 0 Å². The standard InChI is InChI=1S/C17H23ClN6O/c18-17-22-13-14(16(23-17)24-6-8-25-9-7-24)20-11-21-15(13)19-10-12-4-2-1-3-5-12/h11-12H,1-10H2,(H,19,20,21). The minimum absolute atomic E-state index is 0.226. The molecule has 2 aliphatic rings. The maximum Gasteiger partial charge on any atom is 0.225 e. The van der Waals surface area contributed by atoms with Gasteiger partial charge in [0.15, 0.2) is 11.6 Å². The number of fused-ring (bicyclic) bond motifs is 1. The molecule has 0 unspecified atom stereocenters. The van der Waals surface area contributed by atoms with Crippen molar-refractivity contribution >= 4 is 34.3 Å². The van der Waals surface area contributed by atoms with E-state index in [1.54, 1.807) is 6.33 Å². The van der Waals surface area contributed by atoms with Crippen LogP contribution in [0.25, 0.3) is 11.0 Å². The number of hydrogen-bond acceptors (Lipinski definition) is 7. The van der Waals surface area contributed by atoms with Gasteiger partial charge in [-0.3, -0.25) is 0 Å². The highest BCUT2D eigenvalue weighted by atomic mass is 35.5. The van der Waals surface area contributed by atoms with Gasteiger partial charge in [-0.05, 0) is 30.4 Å². The summed E-state index contributed by atoms with van der Waals surface area (Å²) in [5, 5.41) is 3.70. The third kappa shape index (κ3) is 3.77. The Morgan fingerprint density at radius 1 is 1.08 bits per heavy atom. The van der Waals surface area contributed by atoms with Crippen LogP contribution in [0, 0.1) is 5.92 Å². The van der Waals surface area contributed by atoms with Crippen molar-refractivity contribution in [2.24, 2.45) is 5.92 Å². The summed E-state index contributed by atoms with van der Waals surface area (Å²) >= 11 is 6.20. The van der Waals surface area contributed by atoms with E-state index in [4.69, 9.17) is 16.3 Å². The van der Waals surface area contributed by atoms with Crippen molar-refractivity contribution in [3.05, 3.63) is 11.6 Å². The summed E-state index contributed by atoms with van der Waals surface area (Å²) in [4.78, 5) is 19.8. The topological polar surface area (TPSA) is 76.1 Å². The van der Waals surface area contributed by atoms with E-state index < -0.39 is 0 Å². The molecule has 1 saturated heterocycles. The summed E-state index contributed by atoms with van der Waals surface area (Å²) in [6, 6.07) is 0. The second-order valence-electron chi connectivity index (χ2n) is 6.72. The van der Waals surface area contributed by atoms with E-state index in [1.165, 1.54) is 32.1 Å². The molecule has 25 heavy (non-hydrogen) atoms. The quantitative estimate of drug-likeness (QED) is 0.838. The highest BCUT2D eigenvalue weighted by Gasteiger charge is 2.20. The predicted molar refractivity (Wildman–Crippen MR) is 98.2 cm³/mol. The van der Waals surface area contributed by atoms with Crippen LogP contribution in [-0.2, 0) is 4.74 Å². The minimum Gasteiger partial charge on any atom is -0.378 e. The lowest BCUT2D eigenvalue weighted by Crippen LogP contribution is -2.37. The number of rotatable bonds is 4. The molecule has 0 aromatic carbocycles. The molecular weight excluding hydrogens is 340 g/mol. The van der Waals surface area contributed by atoms with Gasteiger partial charge in [0, 0.05) is 19.6 Å². The Kier molecular flexibility index (Phi) is 5.12. The highest BCUT2D eigenvalue weighted by molar-refractivity contribution is 6.29. The van der Waals surface area contributed by atoms with Crippen molar-refractivity contribution < 1.29 is 4.74 Å². The van der Waals surface area contributed by atoms with Crippen LogP contribution in [-0.4, -0.2) is 52.8 Å². The monoisotopic (exact) mass is 362 g/mol. The Morgan fingerprint density at radius 3 is 2.68 bits per heavy atom. The van der Waals surface area contributed by atoms with Crippen LogP contribution in [0.4, 0.5) is 11.6 Å². The number of nitrogens with one attached hydrogen (secondary N) is 1. The summed E-state index contributed by atoms with van der Waals surface area (Å²) in [6.07, 6.45) is 8.15. The molecule has 2 aromatic heterocycles. The third-order valence-corrected chi connectivity index (χ3v) is 5.20. The van der Waals surface area contributed by atoms with E-state index in [1.807, 2.05) is 0 Å². The molecule has 134 valence electrons. The van der Waals surface area contributed by atoms with E-state index in [0.717, 1.165) is 36.8 Å². The molecule has 2 aromatic rings. The Morgan fingerprint density at radius 2 is 1.88 bits per heavy atom. The van der Waals surface area contributed by atoms with E-state index in [0.29, 0.717) is 24.6 Å². The second-order valence-corrected chi connectivity index (χ2v) is 7.06. The van der Waals surface area contributed by atoms with Crippen molar-refractivity contribution in [1.82, 2.24) is 19.9 Å². The normalized spacial score (nSPS) is 19.3. The Bertz CT molecular complexity index is 730. The van der Waals surface area contributed by atoms with Gasteiger partial charge >= 0.3 is 0 Å². The summed E-state index contributed by atoms with van der Waals surface area (Å²) in [7, 11) is 0. The highest BCUT2D eigenvalue weighted by Crippen LogP contribution is 2.29. The maximum atomic E-state index is 6.20. The van der Waals surface area contributed by atoms with Gasteiger partial charge in [0.1, 0.15) is 17.4 Å². The molecule has 3 heterocycles. The van der Waals surface area contributed by atoms with Crippen LogP contribution in [0.2, 0.25) is 5.28 Å². The number of anilines is 2. The van der Waals surface area contributed by atoms with Crippen molar-refractivity contribution in [2.45, 2.75) is 32.1 Å². The fraction of sp³-hybridized carbons (Fsp3) is 0.647. The lowest BCUT2D eigenvalue weighted by atomic mass is 9.89. The molecule has 0 atom stereocenters. The van der Waals surface area contributed by atoms with E-state index in [9.17, 15) is 0 Å². The van der Waals surface area contributed by atoms with Crippen molar-refractivity contribution in [2.75, 3.05) is 43.1 Å². The smallest absolute Gasteiger partial charge is 0.225 e. The molecule has 0 amide bonds. The summed E-state index contributed by atoms with van der Waals surface area (Å²) in [5.74, 6) is 2.21. The van der Waals surface area contributed by atoms with Crippen LogP contribution in [0.3, 0.4) is 0 Å². The molecule has 0 spiro atoms. The van der Waals surface area contributed by atoms with Crippen molar-refractivity contribution in [3.63, 3.8) is 0 Å². The molecule has 8 heteroatoms. The van der Waals surface area contributed by atoms with Crippen LogP contribution in [0.15, 0.2) is 6.33 Å². The Labute approximate surface area is 152 Å². The number of hydrogen-bond donors (Lipinski definition) is 1. The Balaban J connectivity index is 1.62. The molecule has 1 aliphatic heterocycles. The van der Waals surface area contributed by atoms with Gasteiger partial charge in [0.25, 0.3) is 0 Å². The molecule has 1 aliphatic carbocycles. The third-order valence-electron chi connectivity index (χ3n) is 5.03. The summed E-state index contributed by atoms with van der Waals surface area (Å²) in [6.45, 7) is 3.83. The first-order chi connectivity index (χ1) is 12.3. The molecule has 4 rings (SSSR count). The average molecular weight is 363 g/mol. The van der Waals surface area contributed by atoms with Gasteiger partial charge in [-0.2, -0.15) is 4.98 Å². The van der Waals surface area contributed by atoms with Crippen LogP contribution in [0.1, 0.15) is 32.1 Å². The summed E-state index contributed by atoms with van der Waals surface area (Å²) in [5.41, 5.74) is 1.44. The molecule has 7 nitrogen and oxygen atoms in total. The number of halogens is 1. The molecule has 0 radical (unpaired) electrons. The van der Waals surface area contributed by atoms with Gasteiger partial charge in [-0.25, -0.2) is 15.0 Å². The van der Waals surface area contributed by atoms with Gasteiger partial charge in [-0.1, -0.05) is 19.3 Å². The first kappa shape index (κ1) is 16.7. The van der Waals surface area contributed by atoms with Crippen molar-refractivity contribution in [1.29, 1.82) is 0 Å². The van der Waals surface area contributed by atoms with Gasteiger partial charge in [0.05, 0.1) is 13.2 Å². The maximum absolute atomic E-state index is 6.20. The second kappa shape index (κ2) is 7.66. The van der Waals surface area contributed by atoms with Gasteiger partial charge < -0.3 is 15.0 Å². The molecule has 0 bridgehead atoms. The fourth-order valence-corrected chi connectivity index (χ4v) is 3.83. The summed E-state index contributed by atoms with van der Waals surface area (Å²) < 4.78 is 5.43. The molecule has 1 saturated carbocycles. The zero-order valence-electron chi connectivity index (χ0n) is 14.2. The van der Waals surface area contributed by atoms with Crippen LogP contribution < -0.4 is 10.2 Å². The Hall–Kier alpha value is -1.73. The first-order valence-corrected chi connectivity index (χ1v) is 9.44. The number of ether oxygens (including phenoxy) is 1. The first-order valence-electron chi connectivity index (χ1n) is 9.06. The van der Waals surface area contributed by atoms with Gasteiger partial charge in [0.2, 0.25) is 5.28 Å². The van der Waals surface area contributed by atoms with E-state index in [-0.39, 0.29) is 5.28 Å². The SMILES string of the molecule is Clc1nc(N2CCOCC2)c2ncnc(NCC3CCCCC3)c2n1. The minimum atomic E-state index is 0.226. The van der Waals surface area contributed by atoms with Crippen molar-refractivity contribution in [3.8, 4) is 0 Å². The molecule has 1 N–H and O–H groups in total. The molecule has 2 fully saturated rings. The number of nitrogens with zero attached hydrogens (tertiary/aromatic N) is 5. The van der Waals surface area contributed by atoms with E-state index in [2.05, 4.69) is 30.2 Å². The number of morpholine rings is 1. The number of aromatic nitrogens is 4.